The Balaban J connectivity index is 1.99. The van der Waals surface area contributed by atoms with Gasteiger partial charge in [-0.3, -0.25) is 0 Å². The maximum absolute atomic E-state index is 6.07. The zero-order chi connectivity index (χ0) is 18.7. The van der Waals surface area contributed by atoms with Crippen LogP contribution in [-0.4, -0.2) is 9.97 Å². The summed E-state index contributed by atoms with van der Waals surface area (Å²) in [5.74, 6) is 2.85. The van der Waals surface area contributed by atoms with Crippen LogP contribution in [0.3, 0.4) is 0 Å². The van der Waals surface area contributed by atoms with E-state index >= 15 is 0 Å². The topological polar surface area (TPSA) is 44.2 Å². The summed E-state index contributed by atoms with van der Waals surface area (Å²) in [5.41, 5.74) is 1.98. The van der Waals surface area contributed by atoms with Crippen molar-refractivity contribution in [3.63, 3.8) is 0 Å². The number of hydrogen-bond acceptors (Lipinski definition) is 4. The standard InChI is InChI=1S/C20H18Cl2N2O2/c1-12(2)20-16(25-14-4-6-18(21)23-10-14)8-13(3)9-17(20)26-15-5-7-19(22)24-11-15/h4-12H,1-3H3. The lowest BCUT2D eigenvalue weighted by atomic mass is 9.99. The van der Waals surface area contributed by atoms with E-state index in [1.54, 1.807) is 36.7 Å². The smallest absolute Gasteiger partial charge is 0.145 e. The van der Waals surface area contributed by atoms with Gasteiger partial charge in [-0.15, -0.1) is 0 Å². The number of halogens is 2. The summed E-state index contributed by atoms with van der Waals surface area (Å²) in [6.07, 6.45) is 3.19. The van der Waals surface area contributed by atoms with Gasteiger partial charge in [0.05, 0.1) is 12.4 Å². The molecule has 0 bridgehead atoms. The number of pyridine rings is 2. The van der Waals surface area contributed by atoms with Crippen LogP contribution in [-0.2, 0) is 0 Å². The van der Waals surface area contributed by atoms with E-state index in [2.05, 4.69) is 23.8 Å². The average Bonchev–Trinajstić information content (AvgIpc) is 2.58. The van der Waals surface area contributed by atoms with Crippen molar-refractivity contribution in [3.8, 4) is 23.0 Å². The van der Waals surface area contributed by atoms with E-state index in [-0.39, 0.29) is 5.92 Å². The molecule has 3 aromatic rings. The predicted octanol–water partition coefficient (Wildman–Crippen LogP) is 6.80. The van der Waals surface area contributed by atoms with Crippen molar-refractivity contribution in [2.24, 2.45) is 0 Å². The van der Waals surface area contributed by atoms with Gasteiger partial charge in [-0.25, -0.2) is 9.97 Å². The van der Waals surface area contributed by atoms with E-state index in [1.165, 1.54) is 0 Å². The van der Waals surface area contributed by atoms with Gasteiger partial charge in [-0.1, -0.05) is 37.0 Å². The van der Waals surface area contributed by atoms with Crippen LogP contribution >= 0.6 is 23.2 Å². The van der Waals surface area contributed by atoms with Gasteiger partial charge in [-0.05, 0) is 54.8 Å². The molecule has 0 aliphatic heterocycles. The molecule has 134 valence electrons. The van der Waals surface area contributed by atoms with Gasteiger partial charge in [-0.2, -0.15) is 0 Å². The van der Waals surface area contributed by atoms with E-state index in [9.17, 15) is 0 Å². The zero-order valence-corrected chi connectivity index (χ0v) is 16.2. The number of benzene rings is 1. The summed E-state index contributed by atoms with van der Waals surface area (Å²) in [6, 6.07) is 10.9. The number of nitrogens with zero attached hydrogens (tertiary/aromatic N) is 2. The second kappa shape index (κ2) is 7.94. The fourth-order valence-electron chi connectivity index (χ4n) is 2.57. The van der Waals surface area contributed by atoms with Crippen LogP contribution in [0, 0.1) is 6.92 Å². The van der Waals surface area contributed by atoms with Gasteiger partial charge < -0.3 is 9.47 Å². The van der Waals surface area contributed by atoms with E-state index in [0.29, 0.717) is 21.8 Å². The van der Waals surface area contributed by atoms with Crippen molar-refractivity contribution < 1.29 is 9.47 Å². The molecule has 0 radical (unpaired) electrons. The van der Waals surface area contributed by atoms with Crippen LogP contribution in [0.4, 0.5) is 0 Å². The molecule has 2 heterocycles. The first-order valence-corrected chi connectivity index (χ1v) is 8.91. The van der Waals surface area contributed by atoms with E-state index in [1.807, 2.05) is 19.1 Å². The molecule has 0 N–H and O–H groups in total. The highest BCUT2D eigenvalue weighted by molar-refractivity contribution is 6.29. The average molecular weight is 389 g/mol. The molecule has 0 unspecified atom stereocenters. The Bertz CT molecular complexity index is 826. The molecule has 0 atom stereocenters. The Morgan fingerprint density at radius 1 is 0.808 bits per heavy atom. The van der Waals surface area contributed by atoms with Gasteiger partial charge in [0.1, 0.15) is 33.3 Å². The maximum Gasteiger partial charge on any atom is 0.145 e. The second-order valence-corrected chi connectivity index (χ2v) is 6.94. The van der Waals surface area contributed by atoms with Crippen molar-refractivity contribution >= 4 is 23.2 Å². The minimum Gasteiger partial charge on any atom is -0.455 e. The highest BCUT2D eigenvalue weighted by atomic mass is 35.5. The predicted molar refractivity (Wildman–Crippen MR) is 104 cm³/mol. The van der Waals surface area contributed by atoms with Crippen LogP contribution in [0.1, 0.15) is 30.9 Å². The lowest BCUT2D eigenvalue weighted by Crippen LogP contribution is -2.00. The van der Waals surface area contributed by atoms with Crippen LogP contribution in [0.5, 0.6) is 23.0 Å². The van der Waals surface area contributed by atoms with Crippen molar-refractivity contribution in [2.45, 2.75) is 26.7 Å². The highest BCUT2D eigenvalue weighted by Crippen LogP contribution is 2.40. The third-order valence-corrected chi connectivity index (χ3v) is 4.13. The summed E-state index contributed by atoms with van der Waals surface area (Å²) in [4.78, 5) is 8.12. The number of rotatable bonds is 5. The van der Waals surface area contributed by atoms with Gasteiger partial charge in [0.25, 0.3) is 0 Å². The molecule has 0 saturated carbocycles. The fourth-order valence-corrected chi connectivity index (χ4v) is 2.79. The van der Waals surface area contributed by atoms with Gasteiger partial charge >= 0.3 is 0 Å². The van der Waals surface area contributed by atoms with Crippen LogP contribution in [0.25, 0.3) is 0 Å². The third kappa shape index (κ3) is 4.45. The molecule has 26 heavy (non-hydrogen) atoms. The number of aromatic nitrogens is 2. The maximum atomic E-state index is 6.07. The molecule has 0 saturated heterocycles. The van der Waals surface area contributed by atoms with Gasteiger partial charge in [0.2, 0.25) is 0 Å². The Labute approximate surface area is 162 Å². The molecule has 1 aromatic carbocycles. The Morgan fingerprint density at radius 2 is 1.27 bits per heavy atom. The third-order valence-electron chi connectivity index (χ3n) is 3.68. The fraction of sp³-hybridized carbons (Fsp3) is 0.200. The number of ether oxygens (including phenoxy) is 2. The first kappa shape index (κ1) is 18.5. The number of hydrogen-bond donors (Lipinski definition) is 0. The molecular weight excluding hydrogens is 371 g/mol. The molecule has 4 nitrogen and oxygen atoms in total. The van der Waals surface area contributed by atoms with Crippen LogP contribution in [0.2, 0.25) is 10.3 Å². The Morgan fingerprint density at radius 3 is 1.62 bits per heavy atom. The molecule has 6 heteroatoms. The lowest BCUT2D eigenvalue weighted by Gasteiger charge is -2.19. The quantitative estimate of drug-likeness (QED) is 0.450. The monoisotopic (exact) mass is 388 g/mol. The van der Waals surface area contributed by atoms with E-state index in [0.717, 1.165) is 22.6 Å². The largest absolute Gasteiger partial charge is 0.455 e. The minimum atomic E-state index is 0.182. The molecule has 0 fully saturated rings. The molecule has 0 aliphatic carbocycles. The van der Waals surface area contributed by atoms with E-state index in [4.69, 9.17) is 32.7 Å². The highest BCUT2D eigenvalue weighted by Gasteiger charge is 2.17. The Kier molecular flexibility index (Phi) is 5.64. The SMILES string of the molecule is Cc1cc(Oc2ccc(Cl)nc2)c(C(C)C)c(Oc2ccc(Cl)nc2)c1. The summed E-state index contributed by atoms with van der Waals surface area (Å²) in [7, 11) is 0. The summed E-state index contributed by atoms with van der Waals surface area (Å²) in [6.45, 7) is 6.17. The number of aryl methyl sites for hydroxylation is 1. The summed E-state index contributed by atoms with van der Waals surface area (Å²) in [5, 5.41) is 0.842. The summed E-state index contributed by atoms with van der Waals surface area (Å²) < 4.78 is 12.1. The lowest BCUT2D eigenvalue weighted by molar-refractivity contribution is 0.441. The van der Waals surface area contributed by atoms with Crippen molar-refractivity contribution in [1.82, 2.24) is 9.97 Å². The van der Waals surface area contributed by atoms with E-state index < -0.39 is 0 Å². The van der Waals surface area contributed by atoms with Crippen LogP contribution in [0.15, 0.2) is 48.8 Å². The Hall–Kier alpha value is -2.30. The van der Waals surface area contributed by atoms with Gasteiger partial charge in [0, 0.05) is 5.56 Å². The first-order chi connectivity index (χ1) is 12.4. The zero-order valence-electron chi connectivity index (χ0n) is 14.7. The molecule has 2 aromatic heterocycles. The molecule has 3 rings (SSSR count). The summed E-state index contributed by atoms with van der Waals surface area (Å²) >= 11 is 11.7. The normalized spacial score (nSPS) is 10.8. The van der Waals surface area contributed by atoms with Crippen molar-refractivity contribution in [1.29, 1.82) is 0 Å². The van der Waals surface area contributed by atoms with Crippen LogP contribution < -0.4 is 9.47 Å². The molecular formula is C20H18Cl2N2O2. The molecule has 0 spiro atoms. The second-order valence-electron chi connectivity index (χ2n) is 6.17. The van der Waals surface area contributed by atoms with Crippen molar-refractivity contribution in [2.75, 3.05) is 0 Å². The molecule has 0 aliphatic rings. The van der Waals surface area contributed by atoms with Gasteiger partial charge in [0.15, 0.2) is 0 Å². The first-order valence-electron chi connectivity index (χ1n) is 8.15. The minimum absolute atomic E-state index is 0.182. The molecule has 0 amide bonds. The van der Waals surface area contributed by atoms with Crippen molar-refractivity contribution in [3.05, 3.63) is 70.2 Å².